The predicted octanol–water partition coefficient (Wildman–Crippen LogP) is 6.41. The lowest BCUT2D eigenvalue weighted by Gasteiger charge is -2.44. The summed E-state index contributed by atoms with van der Waals surface area (Å²) in [4.78, 5) is 0. The molecule has 2 N–H and O–H groups in total. The van der Waals surface area contributed by atoms with Crippen molar-refractivity contribution in [3.63, 3.8) is 0 Å². The van der Waals surface area contributed by atoms with Crippen LogP contribution >= 0.6 is 23.4 Å². The van der Waals surface area contributed by atoms with Crippen molar-refractivity contribution in [2.24, 2.45) is 5.92 Å². The van der Waals surface area contributed by atoms with Gasteiger partial charge in [-0.1, -0.05) is 32.4 Å². The van der Waals surface area contributed by atoms with Gasteiger partial charge in [-0.15, -0.1) is 22.0 Å². The highest BCUT2D eigenvalue weighted by Crippen LogP contribution is 2.43. The van der Waals surface area contributed by atoms with E-state index in [1.54, 1.807) is 17.8 Å². The Bertz CT molecular complexity index is 885. The normalized spacial score (nSPS) is 19.8. The quantitative estimate of drug-likeness (QED) is 0.404. The van der Waals surface area contributed by atoms with Crippen molar-refractivity contribution < 1.29 is 8.82 Å². The minimum Gasteiger partial charge on any atom is -0.414 e. The van der Waals surface area contributed by atoms with Crippen LogP contribution in [0.5, 0.6) is 0 Å². The number of nitrogens with zero attached hydrogens (tertiary/aromatic N) is 2. The number of rotatable bonds is 6. The first-order valence-corrected chi connectivity index (χ1v) is 14.1. The van der Waals surface area contributed by atoms with Gasteiger partial charge in [0.05, 0.1) is 11.4 Å². The molecule has 1 saturated carbocycles. The smallest absolute Gasteiger partial charge is 0.192 e. The van der Waals surface area contributed by atoms with Gasteiger partial charge in [0.1, 0.15) is 10.8 Å². The van der Waals surface area contributed by atoms with Gasteiger partial charge in [-0.3, -0.25) is 0 Å². The van der Waals surface area contributed by atoms with Crippen LogP contribution in [0.4, 0.5) is 10.1 Å². The fourth-order valence-electron chi connectivity index (χ4n) is 3.03. The van der Waals surface area contributed by atoms with Crippen LogP contribution in [0.3, 0.4) is 0 Å². The summed E-state index contributed by atoms with van der Waals surface area (Å²) in [7, 11) is -1.70. The lowest BCUT2D eigenvalue weighted by Crippen LogP contribution is -2.47. The molecule has 0 saturated heterocycles. The van der Waals surface area contributed by atoms with Crippen LogP contribution in [-0.2, 0) is 4.43 Å². The van der Waals surface area contributed by atoms with E-state index in [1.165, 1.54) is 18.2 Å². The summed E-state index contributed by atoms with van der Waals surface area (Å²) in [5.41, 5.74) is 7.35. The molecule has 0 radical (unpaired) electrons. The highest BCUT2D eigenvalue weighted by Gasteiger charge is 2.42. The maximum absolute atomic E-state index is 14.0. The van der Waals surface area contributed by atoms with Crippen LogP contribution in [0.25, 0.3) is 11.3 Å². The van der Waals surface area contributed by atoms with E-state index < -0.39 is 14.1 Å². The zero-order chi connectivity index (χ0) is 21.4. The molecule has 0 unspecified atom stereocenters. The van der Waals surface area contributed by atoms with Crippen molar-refractivity contribution in [2.45, 2.75) is 62.9 Å². The third-order valence-corrected chi connectivity index (χ3v) is 11.9. The SMILES string of the molecule is CC(C)(C)[Si](C)(C)OC1CC(CSc2nnc(-c3cc(Cl)ccc3F)cc2N)C1. The molecule has 1 aromatic carbocycles. The summed E-state index contributed by atoms with van der Waals surface area (Å²) in [6, 6.07) is 6.01. The number of anilines is 1. The van der Waals surface area contributed by atoms with Gasteiger partial charge in [0, 0.05) is 22.4 Å². The zero-order valence-electron chi connectivity index (χ0n) is 17.6. The van der Waals surface area contributed by atoms with Crippen LogP contribution in [0.2, 0.25) is 23.2 Å². The number of nitrogen functional groups attached to an aromatic ring is 1. The maximum Gasteiger partial charge on any atom is 0.192 e. The highest BCUT2D eigenvalue weighted by atomic mass is 35.5. The first-order chi connectivity index (χ1) is 13.5. The number of thioether (sulfide) groups is 1. The van der Waals surface area contributed by atoms with Crippen LogP contribution < -0.4 is 5.73 Å². The molecule has 1 aliphatic carbocycles. The number of hydrogen-bond donors (Lipinski definition) is 1. The fraction of sp³-hybridized carbons (Fsp3) is 0.524. The molecule has 8 heteroatoms. The highest BCUT2D eigenvalue weighted by molar-refractivity contribution is 7.99. The summed E-state index contributed by atoms with van der Waals surface area (Å²) in [5, 5.41) is 9.74. The molecule has 0 bridgehead atoms. The molecule has 158 valence electrons. The Morgan fingerprint density at radius 3 is 2.55 bits per heavy atom. The molecular weight excluding hydrogens is 425 g/mol. The zero-order valence-corrected chi connectivity index (χ0v) is 20.2. The van der Waals surface area contributed by atoms with Gasteiger partial charge < -0.3 is 10.2 Å². The summed E-state index contributed by atoms with van der Waals surface area (Å²) in [6.45, 7) is 11.4. The Hall–Kier alpha value is -1.15. The van der Waals surface area contributed by atoms with Crippen molar-refractivity contribution >= 4 is 37.4 Å². The second kappa shape index (κ2) is 8.53. The number of halogens is 2. The van der Waals surface area contributed by atoms with E-state index in [0.29, 0.717) is 39.0 Å². The molecule has 0 atom stereocenters. The number of nitrogens with two attached hydrogens (primary N) is 1. The second-order valence-corrected chi connectivity index (χ2v) is 15.5. The minimum absolute atomic E-state index is 0.237. The van der Waals surface area contributed by atoms with Gasteiger partial charge in [0.15, 0.2) is 8.32 Å². The molecule has 1 fully saturated rings. The molecule has 1 aromatic heterocycles. The molecule has 0 amide bonds. The van der Waals surface area contributed by atoms with Crippen molar-refractivity contribution in [3.05, 3.63) is 35.1 Å². The maximum atomic E-state index is 14.0. The fourth-order valence-corrected chi connectivity index (χ4v) is 5.57. The predicted molar refractivity (Wildman–Crippen MR) is 122 cm³/mol. The minimum atomic E-state index is -1.70. The molecule has 29 heavy (non-hydrogen) atoms. The van der Waals surface area contributed by atoms with E-state index in [0.717, 1.165) is 18.6 Å². The molecule has 0 spiro atoms. The van der Waals surface area contributed by atoms with Gasteiger partial charge in [-0.25, -0.2) is 4.39 Å². The van der Waals surface area contributed by atoms with Crippen molar-refractivity contribution in [3.8, 4) is 11.3 Å². The Morgan fingerprint density at radius 2 is 1.93 bits per heavy atom. The molecule has 4 nitrogen and oxygen atoms in total. The van der Waals surface area contributed by atoms with E-state index in [-0.39, 0.29) is 5.04 Å². The Labute approximate surface area is 182 Å². The molecule has 1 heterocycles. The molecular formula is C21H29ClFN3OSSi. The van der Waals surface area contributed by atoms with E-state index in [4.69, 9.17) is 21.8 Å². The van der Waals surface area contributed by atoms with Crippen molar-refractivity contribution in [1.82, 2.24) is 10.2 Å². The van der Waals surface area contributed by atoms with Gasteiger partial charge in [0.25, 0.3) is 0 Å². The Kier molecular flexibility index (Phi) is 6.63. The standard InChI is InChI=1S/C21H29ClFN3OSSi/c1-21(2,3)29(4,5)27-15-8-13(9-15)12-28-20-18(24)11-19(25-26-20)16-10-14(22)6-7-17(16)23/h6-7,10-11,13,15H,8-9,12H2,1-5H3,(H2,24,25). The first kappa shape index (κ1) is 22.5. The van der Waals surface area contributed by atoms with Crippen molar-refractivity contribution in [2.75, 3.05) is 11.5 Å². The first-order valence-electron chi connectivity index (χ1n) is 9.85. The van der Waals surface area contributed by atoms with Gasteiger partial charge in [0.2, 0.25) is 0 Å². The topological polar surface area (TPSA) is 61.0 Å². The summed E-state index contributed by atoms with van der Waals surface area (Å²) < 4.78 is 20.5. The third kappa shape index (κ3) is 5.31. The number of benzene rings is 1. The molecule has 2 aromatic rings. The Balaban J connectivity index is 1.54. The number of aromatic nitrogens is 2. The average Bonchev–Trinajstić information content (AvgIpc) is 2.58. The van der Waals surface area contributed by atoms with Crippen LogP contribution in [0.1, 0.15) is 33.6 Å². The van der Waals surface area contributed by atoms with Gasteiger partial charge in [-0.2, -0.15) is 0 Å². The van der Waals surface area contributed by atoms with Crippen molar-refractivity contribution in [1.29, 1.82) is 0 Å². The van der Waals surface area contributed by atoms with Crippen LogP contribution in [0, 0.1) is 11.7 Å². The third-order valence-electron chi connectivity index (χ3n) is 5.91. The summed E-state index contributed by atoms with van der Waals surface area (Å²) in [6.07, 6.45) is 2.54. The van der Waals surface area contributed by atoms with E-state index in [9.17, 15) is 4.39 Å². The molecule has 1 aliphatic rings. The van der Waals surface area contributed by atoms with Gasteiger partial charge >= 0.3 is 0 Å². The van der Waals surface area contributed by atoms with Crippen LogP contribution in [-0.4, -0.2) is 30.4 Å². The van der Waals surface area contributed by atoms with E-state index >= 15 is 0 Å². The van der Waals surface area contributed by atoms with E-state index in [2.05, 4.69) is 44.1 Å². The van der Waals surface area contributed by atoms with E-state index in [1.807, 2.05) is 0 Å². The molecule has 3 rings (SSSR count). The second-order valence-electron chi connectivity index (χ2n) is 9.26. The molecule has 0 aliphatic heterocycles. The summed E-state index contributed by atoms with van der Waals surface area (Å²) >= 11 is 7.57. The monoisotopic (exact) mass is 453 g/mol. The van der Waals surface area contributed by atoms with Gasteiger partial charge in [-0.05, 0) is 61.2 Å². The van der Waals surface area contributed by atoms with Crippen LogP contribution in [0.15, 0.2) is 29.3 Å². The lowest BCUT2D eigenvalue weighted by molar-refractivity contribution is 0.0629. The largest absolute Gasteiger partial charge is 0.414 e. The number of hydrogen-bond acceptors (Lipinski definition) is 5. The average molecular weight is 454 g/mol. The Morgan fingerprint density at radius 1 is 1.24 bits per heavy atom. The lowest BCUT2D eigenvalue weighted by atomic mass is 9.84. The summed E-state index contributed by atoms with van der Waals surface area (Å²) in [5.74, 6) is 1.13.